The van der Waals surface area contributed by atoms with Gasteiger partial charge in [0, 0.05) is 4.90 Å². The molecule has 106 valence electrons. The van der Waals surface area contributed by atoms with Crippen molar-refractivity contribution in [1.82, 2.24) is 0 Å². The maximum Gasteiger partial charge on any atom is 0.0107 e. The van der Waals surface area contributed by atoms with E-state index in [0.29, 0.717) is 0 Å². The van der Waals surface area contributed by atoms with Crippen molar-refractivity contribution in [2.75, 3.05) is 5.75 Å². The predicted octanol–water partition coefficient (Wildman–Crippen LogP) is 6.37. The van der Waals surface area contributed by atoms with E-state index in [9.17, 15) is 0 Å². The van der Waals surface area contributed by atoms with Crippen molar-refractivity contribution in [3.05, 3.63) is 36.8 Å². The largest absolute Gasteiger partial charge is 0.126 e. The van der Waals surface area contributed by atoms with E-state index in [1.54, 1.807) is 0 Å². The molecule has 2 radical (unpaired) electrons. The molecule has 1 aromatic carbocycles. The number of rotatable bonds is 11. The molecule has 0 aliphatic heterocycles. The normalized spacial score (nSPS) is 10.8. The van der Waals surface area contributed by atoms with E-state index in [2.05, 4.69) is 19.1 Å². The van der Waals surface area contributed by atoms with Crippen molar-refractivity contribution >= 4 is 11.8 Å². The summed E-state index contributed by atoms with van der Waals surface area (Å²) in [5.41, 5.74) is 0.920. The topological polar surface area (TPSA) is 0 Å². The van der Waals surface area contributed by atoms with Crippen molar-refractivity contribution in [1.29, 1.82) is 0 Å². The zero-order chi connectivity index (χ0) is 13.8. The molecular formula is C18H28S. The van der Waals surface area contributed by atoms with Gasteiger partial charge < -0.3 is 0 Å². The average molecular weight is 276 g/mol. The number of hydrogen-bond donors (Lipinski definition) is 0. The van der Waals surface area contributed by atoms with Gasteiger partial charge in [-0.1, -0.05) is 76.5 Å². The predicted molar refractivity (Wildman–Crippen MR) is 87.8 cm³/mol. The fraction of sp³-hybridized carbons (Fsp3) is 0.611. The Morgan fingerprint density at radius 1 is 0.842 bits per heavy atom. The third-order valence-corrected chi connectivity index (χ3v) is 4.60. The monoisotopic (exact) mass is 276 g/mol. The maximum atomic E-state index is 5.92. The highest BCUT2D eigenvalue weighted by molar-refractivity contribution is 7.99. The third-order valence-electron chi connectivity index (χ3n) is 3.42. The molecule has 0 aliphatic carbocycles. The zero-order valence-electron chi connectivity index (χ0n) is 12.4. The molecule has 0 atom stereocenters. The Labute approximate surface area is 124 Å². The molecule has 0 aromatic heterocycles. The maximum absolute atomic E-state index is 5.92. The molecule has 0 fully saturated rings. The van der Waals surface area contributed by atoms with Crippen LogP contribution in [0.25, 0.3) is 0 Å². The lowest BCUT2D eigenvalue weighted by Crippen LogP contribution is -1.85. The van der Waals surface area contributed by atoms with Crippen LogP contribution >= 0.6 is 11.8 Å². The molecule has 0 saturated heterocycles. The Bertz CT molecular complexity index is 319. The van der Waals surface area contributed by atoms with Crippen LogP contribution in [0.2, 0.25) is 0 Å². The van der Waals surface area contributed by atoms with Crippen LogP contribution in [0.3, 0.4) is 0 Å². The minimum absolute atomic E-state index is 0.920. The van der Waals surface area contributed by atoms with Crippen molar-refractivity contribution < 1.29 is 0 Å². The molecule has 0 bridgehead atoms. The highest BCUT2D eigenvalue weighted by Gasteiger charge is 1.98. The molecule has 0 unspecified atom stereocenters. The van der Waals surface area contributed by atoms with Crippen LogP contribution in [0.5, 0.6) is 0 Å². The van der Waals surface area contributed by atoms with E-state index in [0.717, 1.165) is 5.56 Å². The summed E-state index contributed by atoms with van der Waals surface area (Å²) >= 11 is 1.90. The molecule has 0 saturated carbocycles. The smallest absolute Gasteiger partial charge is 0.0107 e. The lowest BCUT2D eigenvalue weighted by atomic mass is 10.1. The molecule has 0 aliphatic rings. The summed E-state index contributed by atoms with van der Waals surface area (Å²) in [5.74, 6) is 1.20. The van der Waals surface area contributed by atoms with Gasteiger partial charge >= 0.3 is 0 Å². The van der Waals surface area contributed by atoms with E-state index in [4.69, 9.17) is 6.92 Å². The third kappa shape index (κ3) is 8.36. The molecule has 1 rings (SSSR count). The van der Waals surface area contributed by atoms with Gasteiger partial charge in [-0.2, -0.15) is 0 Å². The number of hydrogen-bond acceptors (Lipinski definition) is 1. The fourth-order valence-electron chi connectivity index (χ4n) is 2.21. The average Bonchev–Trinajstić information content (AvgIpc) is 2.43. The van der Waals surface area contributed by atoms with Gasteiger partial charge in [-0.15, -0.1) is 11.8 Å². The molecule has 0 spiro atoms. The first-order valence-corrected chi connectivity index (χ1v) is 8.80. The fourth-order valence-corrected chi connectivity index (χ4v) is 3.18. The SMILES string of the molecule is [CH]c1ccccc1SCCCCCCCCCCC. The summed E-state index contributed by atoms with van der Waals surface area (Å²) < 4.78 is 0. The molecule has 19 heavy (non-hydrogen) atoms. The zero-order valence-corrected chi connectivity index (χ0v) is 13.2. The van der Waals surface area contributed by atoms with Crippen LogP contribution in [-0.4, -0.2) is 5.75 Å². The molecule has 0 N–H and O–H groups in total. The summed E-state index contributed by atoms with van der Waals surface area (Å²) in [4.78, 5) is 1.24. The Morgan fingerprint density at radius 3 is 2.05 bits per heavy atom. The highest BCUT2D eigenvalue weighted by atomic mass is 32.2. The molecule has 1 heteroatoms. The van der Waals surface area contributed by atoms with Crippen molar-refractivity contribution in [3.8, 4) is 0 Å². The number of unbranched alkanes of at least 4 members (excludes halogenated alkanes) is 8. The first kappa shape index (κ1) is 16.6. The Kier molecular flexibility index (Phi) is 9.98. The first-order valence-electron chi connectivity index (χ1n) is 7.82. The van der Waals surface area contributed by atoms with E-state index >= 15 is 0 Å². The van der Waals surface area contributed by atoms with Crippen LogP contribution in [0.1, 0.15) is 70.3 Å². The molecule has 0 heterocycles. The van der Waals surface area contributed by atoms with Gasteiger partial charge in [-0.3, -0.25) is 0 Å². The molecule has 0 amide bonds. The van der Waals surface area contributed by atoms with Crippen LogP contribution < -0.4 is 0 Å². The standard InChI is InChI=1S/C18H28S/c1-3-4-5-6-7-8-9-10-13-16-19-18-15-12-11-14-17(18)2/h2,11-12,14-15H,3-10,13,16H2,1H3. The number of thioether (sulfide) groups is 1. The van der Waals surface area contributed by atoms with E-state index in [-0.39, 0.29) is 0 Å². The molecule has 0 nitrogen and oxygen atoms in total. The van der Waals surface area contributed by atoms with Gasteiger partial charge in [0.15, 0.2) is 0 Å². The summed E-state index contributed by atoms with van der Waals surface area (Å²) in [6, 6.07) is 8.17. The van der Waals surface area contributed by atoms with Crippen molar-refractivity contribution in [3.63, 3.8) is 0 Å². The van der Waals surface area contributed by atoms with Crippen LogP contribution in [0.4, 0.5) is 0 Å². The summed E-state index contributed by atoms with van der Waals surface area (Å²) in [5, 5.41) is 0. The lowest BCUT2D eigenvalue weighted by Gasteiger charge is -2.05. The summed E-state index contributed by atoms with van der Waals surface area (Å²) in [7, 11) is 0. The minimum atomic E-state index is 0.920. The van der Waals surface area contributed by atoms with Crippen LogP contribution in [0, 0.1) is 6.92 Å². The molecular weight excluding hydrogens is 248 g/mol. The minimum Gasteiger partial charge on any atom is -0.126 e. The van der Waals surface area contributed by atoms with E-state index < -0.39 is 0 Å². The Balaban J connectivity index is 1.90. The van der Waals surface area contributed by atoms with Gasteiger partial charge in [0.1, 0.15) is 0 Å². The second kappa shape index (κ2) is 11.4. The Morgan fingerprint density at radius 2 is 1.42 bits per heavy atom. The van der Waals surface area contributed by atoms with Crippen molar-refractivity contribution in [2.45, 2.75) is 69.6 Å². The Hall–Kier alpha value is -0.430. The van der Waals surface area contributed by atoms with Gasteiger partial charge in [-0.25, -0.2) is 0 Å². The first-order chi connectivity index (χ1) is 9.34. The quantitative estimate of drug-likeness (QED) is 0.334. The van der Waals surface area contributed by atoms with Gasteiger partial charge in [-0.05, 0) is 30.7 Å². The summed E-state index contributed by atoms with van der Waals surface area (Å²) in [6.45, 7) is 8.20. The highest BCUT2D eigenvalue weighted by Crippen LogP contribution is 2.23. The summed E-state index contributed by atoms with van der Waals surface area (Å²) in [6.07, 6.45) is 12.6. The van der Waals surface area contributed by atoms with Gasteiger partial charge in [0.25, 0.3) is 0 Å². The van der Waals surface area contributed by atoms with Crippen molar-refractivity contribution in [2.24, 2.45) is 0 Å². The van der Waals surface area contributed by atoms with Crippen LogP contribution in [0.15, 0.2) is 29.2 Å². The van der Waals surface area contributed by atoms with Gasteiger partial charge in [0.2, 0.25) is 0 Å². The van der Waals surface area contributed by atoms with Crippen LogP contribution in [-0.2, 0) is 0 Å². The second-order valence-corrected chi connectivity index (χ2v) is 6.35. The second-order valence-electron chi connectivity index (χ2n) is 5.21. The molecule has 1 aromatic rings. The van der Waals surface area contributed by atoms with E-state index in [1.807, 2.05) is 23.9 Å². The van der Waals surface area contributed by atoms with E-state index in [1.165, 1.54) is 68.4 Å². The lowest BCUT2D eigenvalue weighted by molar-refractivity contribution is 0.573. The number of benzene rings is 1. The van der Waals surface area contributed by atoms with Gasteiger partial charge in [0.05, 0.1) is 0 Å².